The zero-order valence-corrected chi connectivity index (χ0v) is 10.3. The molecule has 0 bridgehead atoms. The van der Waals surface area contributed by atoms with E-state index in [4.69, 9.17) is 10.5 Å². The average molecular weight is 234 g/mol. The zero-order chi connectivity index (χ0) is 12.4. The number of benzene rings is 1. The van der Waals surface area contributed by atoms with Crippen LogP contribution in [0, 0.1) is 0 Å². The molecule has 92 valence electrons. The van der Waals surface area contributed by atoms with E-state index in [1.165, 1.54) is 5.56 Å². The minimum Gasteiger partial charge on any atom is -0.479 e. The normalized spacial score (nSPS) is 18.9. The predicted molar refractivity (Wildman–Crippen MR) is 67.3 cm³/mol. The molecule has 1 amide bonds. The number of carbonyl (C=O) groups excluding carboxylic acids is 1. The van der Waals surface area contributed by atoms with E-state index < -0.39 is 6.10 Å². The number of nitrogens with two attached hydrogens (primary N) is 1. The molecule has 1 aliphatic heterocycles. The summed E-state index contributed by atoms with van der Waals surface area (Å²) in [5.41, 5.74) is 7.53. The molecular formula is C13H18N2O2. The first-order chi connectivity index (χ1) is 8.13. The van der Waals surface area contributed by atoms with Crippen LogP contribution in [-0.2, 0) is 11.2 Å². The first kappa shape index (κ1) is 11.9. The lowest BCUT2D eigenvalue weighted by Crippen LogP contribution is -2.42. The molecular weight excluding hydrogens is 216 g/mol. The summed E-state index contributed by atoms with van der Waals surface area (Å²) in [7, 11) is 1.78. The highest BCUT2D eigenvalue weighted by Gasteiger charge is 2.28. The maximum absolute atomic E-state index is 11.8. The number of aryl methyl sites for hydroxylation is 1. The van der Waals surface area contributed by atoms with Crippen LogP contribution in [0.2, 0.25) is 0 Å². The van der Waals surface area contributed by atoms with Gasteiger partial charge in [-0.1, -0.05) is 6.07 Å². The van der Waals surface area contributed by atoms with Crippen molar-refractivity contribution in [3.63, 3.8) is 0 Å². The van der Waals surface area contributed by atoms with E-state index in [2.05, 4.69) is 0 Å². The highest BCUT2D eigenvalue weighted by Crippen LogP contribution is 2.34. The summed E-state index contributed by atoms with van der Waals surface area (Å²) in [5, 5.41) is 0. The Morgan fingerprint density at radius 2 is 2.24 bits per heavy atom. The van der Waals surface area contributed by atoms with Crippen molar-refractivity contribution in [2.24, 2.45) is 5.73 Å². The van der Waals surface area contributed by atoms with Gasteiger partial charge in [-0.25, -0.2) is 0 Å². The Morgan fingerprint density at radius 3 is 2.94 bits per heavy atom. The number of carbonyl (C=O) groups is 1. The van der Waals surface area contributed by atoms with Gasteiger partial charge in [0.05, 0.1) is 5.69 Å². The Bertz CT molecular complexity index is 431. The van der Waals surface area contributed by atoms with Crippen molar-refractivity contribution in [3.8, 4) is 5.75 Å². The number of ether oxygens (including phenoxy) is 1. The average Bonchev–Trinajstić information content (AvgIpc) is 2.34. The molecule has 4 heteroatoms. The van der Waals surface area contributed by atoms with Crippen LogP contribution in [0.5, 0.6) is 5.75 Å². The van der Waals surface area contributed by atoms with E-state index in [1.807, 2.05) is 18.2 Å². The quantitative estimate of drug-likeness (QED) is 0.858. The Kier molecular flexibility index (Phi) is 3.33. The molecule has 0 aliphatic carbocycles. The lowest BCUT2D eigenvalue weighted by Gasteiger charge is -2.30. The molecule has 1 atom stereocenters. The molecule has 0 aromatic heterocycles. The lowest BCUT2D eigenvalue weighted by atomic mass is 10.1. The van der Waals surface area contributed by atoms with Crippen LogP contribution in [0.3, 0.4) is 0 Å². The topological polar surface area (TPSA) is 55.6 Å². The molecule has 0 saturated heterocycles. The minimum atomic E-state index is -0.401. The Hall–Kier alpha value is -1.55. The van der Waals surface area contributed by atoms with E-state index in [1.54, 1.807) is 18.9 Å². The van der Waals surface area contributed by atoms with Gasteiger partial charge < -0.3 is 15.4 Å². The van der Waals surface area contributed by atoms with E-state index in [9.17, 15) is 4.79 Å². The monoisotopic (exact) mass is 234 g/mol. The van der Waals surface area contributed by atoms with E-state index >= 15 is 0 Å². The van der Waals surface area contributed by atoms with Crippen LogP contribution >= 0.6 is 0 Å². The van der Waals surface area contributed by atoms with Gasteiger partial charge in [0.15, 0.2) is 6.10 Å². The molecule has 1 unspecified atom stereocenters. The third-order valence-electron chi connectivity index (χ3n) is 3.04. The molecule has 1 heterocycles. The van der Waals surface area contributed by atoms with Crippen LogP contribution in [0.25, 0.3) is 0 Å². The van der Waals surface area contributed by atoms with Gasteiger partial charge in [0.25, 0.3) is 5.91 Å². The fraction of sp³-hybridized carbons (Fsp3) is 0.462. The first-order valence-electron chi connectivity index (χ1n) is 5.90. The fourth-order valence-electron chi connectivity index (χ4n) is 2.02. The third-order valence-corrected chi connectivity index (χ3v) is 3.04. The second kappa shape index (κ2) is 4.75. The Morgan fingerprint density at radius 1 is 1.47 bits per heavy atom. The molecule has 1 aromatic carbocycles. The smallest absolute Gasteiger partial charge is 0.267 e. The molecule has 4 nitrogen and oxygen atoms in total. The molecule has 1 aliphatic rings. The number of rotatable bonds is 3. The summed E-state index contributed by atoms with van der Waals surface area (Å²) in [6.45, 7) is 2.45. The van der Waals surface area contributed by atoms with Crippen molar-refractivity contribution in [3.05, 3.63) is 23.8 Å². The molecule has 0 spiro atoms. The van der Waals surface area contributed by atoms with Crippen LogP contribution < -0.4 is 15.4 Å². The summed E-state index contributed by atoms with van der Waals surface area (Å²) >= 11 is 0. The zero-order valence-electron chi connectivity index (χ0n) is 10.3. The van der Waals surface area contributed by atoms with Gasteiger partial charge in [0, 0.05) is 7.05 Å². The van der Waals surface area contributed by atoms with Crippen LogP contribution in [0.15, 0.2) is 18.2 Å². The molecule has 17 heavy (non-hydrogen) atoms. The van der Waals surface area contributed by atoms with Crippen molar-refractivity contribution >= 4 is 11.6 Å². The van der Waals surface area contributed by atoms with Gasteiger partial charge in [-0.15, -0.1) is 0 Å². The van der Waals surface area contributed by atoms with Gasteiger partial charge in [-0.3, -0.25) is 4.79 Å². The standard InChI is InChI=1S/C13H18N2O2/c1-9-13(16)15(2)11-8-10(4-3-7-14)5-6-12(11)17-9/h5-6,8-9H,3-4,7,14H2,1-2H3. The molecule has 0 fully saturated rings. The number of fused-ring (bicyclic) bond motifs is 1. The number of nitrogens with zero attached hydrogens (tertiary/aromatic N) is 1. The van der Waals surface area contributed by atoms with Crippen molar-refractivity contribution in [1.82, 2.24) is 0 Å². The van der Waals surface area contributed by atoms with Crippen molar-refractivity contribution < 1.29 is 9.53 Å². The number of likely N-dealkylation sites (N-methyl/N-ethyl adjacent to an activating group) is 1. The lowest BCUT2D eigenvalue weighted by molar-refractivity contribution is -0.125. The van der Waals surface area contributed by atoms with Crippen molar-refractivity contribution in [2.45, 2.75) is 25.9 Å². The van der Waals surface area contributed by atoms with Crippen LogP contribution in [0.1, 0.15) is 18.9 Å². The highest BCUT2D eigenvalue weighted by atomic mass is 16.5. The van der Waals surface area contributed by atoms with Gasteiger partial charge in [0.1, 0.15) is 5.75 Å². The summed E-state index contributed by atoms with van der Waals surface area (Å²) in [6, 6.07) is 5.97. The number of amides is 1. The van der Waals surface area contributed by atoms with Crippen LogP contribution in [-0.4, -0.2) is 25.6 Å². The molecule has 2 rings (SSSR count). The van der Waals surface area contributed by atoms with Gasteiger partial charge in [-0.05, 0) is 44.0 Å². The number of anilines is 1. The SMILES string of the molecule is CC1Oc2ccc(CCCN)cc2N(C)C1=O. The molecule has 0 saturated carbocycles. The summed E-state index contributed by atoms with van der Waals surface area (Å²) in [5.74, 6) is 0.768. The fourth-order valence-corrected chi connectivity index (χ4v) is 2.02. The largest absolute Gasteiger partial charge is 0.479 e. The Balaban J connectivity index is 2.28. The second-order valence-corrected chi connectivity index (χ2v) is 4.35. The van der Waals surface area contributed by atoms with Gasteiger partial charge >= 0.3 is 0 Å². The first-order valence-corrected chi connectivity index (χ1v) is 5.90. The van der Waals surface area contributed by atoms with E-state index in [-0.39, 0.29) is 5.91 Å². The maximum Gasteiger partial charge on any atom is 0.267 e. The third kappa shape index (κ3) is 2.26. The van der Waals surface area contributed by atoms with E-state index in [0.717, 1.165) is 24.3 Å². The molecule has 1 aromatic rings. The highest BCUT2D eigenvalue weighted by molar-refractivity contribution is 5.99. The molecule has 0 radical (unpaired) electrons. The second-order valence-electron chi connectivity index (χ2n) is 4.35. The van der Waals surface area contributed by atoms with Gasteiger partial charge in [0.2, 0.25) is 0 Å². The maximum atomic E-state index is 11.8. The predicted octanol–water partition coefficient (Wildman–Crippen LogP) is 1.32. The number of hydrogen-bond donors (Lipinski definition) is 1. The summed E-state index contributed by atoms with van der Waals surface area (Å²) in [6.07, 6.45) is 1.48. The minimum absolute atomic E-state index is 0.00604. The van der Waals surface area contributed by atoms with Crippen LogP contribution in [0.4, 0.5) is 5.69 Å². The van der Waals surface area contributed by atoms with Crippen molar-refractivity contribution in [2.75, 3.05) is 18.5 Å². The molecule has 2 N–H and O–H groups in total. The summed E-state index contributed by atoms with van der Waals surface area (Å²) < 4.78 is 5.56. The Labute approximate surface area is 101 Å². The van der Waals surface area contributed by atoms with E-state index in [0.29, 0.717) is 6.54 Å². The van der Waals surface area contributed by atoms with Crippen molar-refractivity contribution in [1.29, 1.82) is 0 Å². The number of hydrogen-bond acceptors (Lipinski definition) is 3. The van der Waals surface area contributed by atoms with Gasteiger partial charge in [-0.2, -0.15) is 0 Å². The summed E-state index contributed by atoms with van der Waals surface area (Å²) in [4.78, 5) is 13.5.